The van der Waals surface area contributed by atoms with E-state index < -0.39 is 29.5 Å². The van der Waals surface area contributed by atoms with Gasteiger partial charge < -0.3 is 18.9 Å². The van der Waals surface area contributed by atoms with Gasteiger partial charge in [-0.2, -0.15) is 0 Å². The molecule has 0 saturated carbocycles. The van der Waals surface area contributed by atoms with Crippen LogP contribution in [0.15, 0.2) is 30.1 Å². The summed E-state index contributed by atoms with van der Waals surface area (Å²) in [5, 5.41) is 0.116. The number of rotatable bonds is 0. The Hall–Kier alpha value is -1.50. The Labute approximate surface area is 161 Å². The van der Waals surface area contributed by atoms with E-state index in [-0.39, 0.29) is 4.24 Å². The summed E-state index contributed by atoms with van der Waals surface area (Å²) in [6, 6.07) is 0. The van der Waals surface area contributed by atoms with Crippen molar-refractivity contribution in [1.29, 1.82) is 0 Å². The minimum absolute atomic E-state index is 0.109. The van der Waals surface area contributed by atoms with E-state index in [1.54, 1.807) is 10.8 Å². The van der Waals surface area contributed by atoms with E-state index >= 15 is 0 Å². The number of carbonyl (C=O) groups excluding carboxylic acids is 4. The van der Waals surface area contributed by atoms with Crippen LogP contribution < -0.4 is 0 Å². The zero-order valence-corrected chi connectivity index (χ0v) is 17.5. The van der Waals surface area contributed by atoms with Gasteiger partial charge in [-0.1, -0.05) is 35.3 Å². The molecule has 2 heterocycles. The normalized spacial score (nSPS) is 23.8. The fourth-order valence-electron chi connectivity index (χ4n) is 2.77. The maximum atomic E-state index is 13.3. The highest BCUT2D eigenvalue weighted by atomic mass is 32.4. The van der Waals surface area contributed by atoms with Gasteiger partial charge in [0.25, 0.3) is 0 Å². The molecule has 0 radical (unpaired) electrons. The van der Waals surface area contributed by atoms with Gasteiger partial charge in [0.2, 0.25) is 0 Å². The predicted molar refractivity (Wildman–Crippen MR) is 105 cm³/mol. The number of hydrogen-bond acceptors (Lipinski definition) is 11. The first-order chi connectivity index (χ1) is 12.3. The number of thioether (sulfide) groups is 3. The van der Waals surface area contributed by atoms with Crippen LogP contribution in [0.25, 0.3) is 0 Å². The predicted octanol–water partition coefficient (Wildman–Crippen LogP) is 5.22. The van der Waals surface area contributed by atoms with E-state index in [2.05, 4.69) is 0 Å². The van der Waals surface area contributed by atoms with Crippen LogP contribution in [-0.2, 0) is 18.9 Å². The molecule has 0 spiro atoms. The van der Waals surface area contributed by atoms with Gasteiger partial charge in [0.05, 0.1) is 45.2 Å². The van der Waals surface area contributed by atoms with Crippen molar-refractivity contribution in [3.8, 4) is 0 Å². The van der Waals surface area contributed by atoms with Crippen LogP contribution >= 0.6 is 43.6 Å². The summed E-state index contributed by atoms with van der Waals surface area (Å²) in [6.07, 6.45) is 0. The molecule has 0 aromatic heterocycles. The highest BCUT2D eigenvalue weighted by Gasteiger charge is 2.91. The molecule has 0 N–H and O–H groups in total. The largest absolute Gasteiger partial charge is 0.461 e. The van der Waals surface area contributed by atoms with Crippen molar-refractivity contribution < 1.29 is 38.1 Å². The van der Waals surface area contributed by atoms with Crippen LogP contribution in [-0.4, -0.2) is 49.6 Å². The molecule has 8 nitrogen and oxygen atoms in total. The average Bonchev–Trinajstić information content (AvgIpc) is 3.33. The number of methoxy groups -OCH3 is 4. The van der Waals surface area contributed by atoms with Gasteiger partial charge in [-0.3, -0.25) is 0 Å². The summed E-state index contributed by atoms with van der Waals surface area (Å²) >= 11 is 3.19. The van der Waals surface area contributed by atoms with E-state index in [4.69, 9.17) is 18.9 Å². The number of hydrogen-bond donors (Lipinski definition) is 0. The van der Waals surface area contributed by atoms with E-state index in [1.807, 2.05) is 0 Å². The molecule has 0 aromatic rings. The van der Waals surface area contributed by atoms with E-state index in [1.165, 1.54) is 5.41 Å². The van der Waals surface area contributed by atoms with Gasteiger partial charge in [-0.15, -0.1) is 0 Å². The summed E-state index contributed by atoms with van der Waals surface area (Å²) in [7, 11) is -2.32. The lowest BCUT2D eigenvalue weighted by Gasteiger charge is -2.61. The summed E-state index contributed by atoms with van der Waals surface area (Å²) in [4.78, 5) is 53.4. The van der Waals surface area contributed by atoms with E-state index in [9.17, 15) is 19.2 Å². The fourth-order valence-corrected chi connectivity index (χ4v) is 14.2. The summed E-state index contributed by atoms with van der Waals surface area (Å²) < 4.78 is 19.8. The van der Waals surface area contributed by atoms with Crippen LogP contribution in [0, 0.1) is 0 Å². The highest BCUT2D eigenvalue weighted by molar-refractivity contribution is 9.04. The molecule has 144 valence electrons. The molecule has 0 saturated heterocycles. The first-order valence-corrected chi connectivity index (χ1v) is 11.9. The molecule has 2 aliphatic rings. The lowest BCUT2D eigenvalue weighted by molar-refractivity contribution is 0.177. The van der Waals surface area contributed by atoms with Gasteiger partial charge in [0.1, 0.15) is 0 Å². The van der Waals surface area contributed by atoms with Crippen molar-refractivity contribution in [2.24, 2.45) is 0 Å². The van der Waals surface area contributed by atoms with E-state index in [0.717, 1.165) is 69.1 Å². The lowest BCUT2D eigenvalue weighted by atomic mass is 11.2. The molecule has 26 heavy (non-hydrogen) atoms. The monoisotopic (exact) mass is 440 g/mol. The fraction of sp³-hybridized carbons (Fsp3) is 0.286. The van der Waals surface area contributed by atoms with Gasteiger partial charge in [0, 0.05) is 0 Å². The minimum Gasteiger partial charge on any atom is -0.461 e. The second kappa shape index (κ2) is 6.59. The molecule has 0 aromatic carbocycles. The molecule has 0 aliphatic carbocycles. The first kappa shape index (κ1) is 20.8. The quantitative estimate of drug-likeness (QED) is 0.365. The zero-order valence-electron chi connectivity index (χ0n) is 14.2. The first-order valence-electron chi connectivity index (χ1n) is 6.76. The molecule has 0 unspecified atom stereocenters. The molecule has 0 bridgehead atoms. The molecule has 2 aliphatic heterocycles. The Bertz CT molecular complexity index is 720. The minimum atomic E-state index is -6.20. The highest BCUT2D eigenvalue weighted by Crippen LogP contribution is 3.02. The second-order valence-corrected chi connectivity index (χ2v) is 13.4. The topological polar surface area (TPSA) is 105 Å². The molecule has 0 fully saturated rings. The van der Waals surface area contributed by atoms with Crippen molar-refractivity contribution in [2.75, 3.05) is 28.4 Å². The summed E-state index contributed by atoms with van der Waals surface area (Å²) in [5.74, 6) is 0. The third-order valence-electron chi connectivity index (χ3n) is 4.01. The Balaban J connectivity index is 3.27. The Morgan fingerprint density at radius 1 is 0.692 bits per heavy atom. The zero-order chi connectivity index (χ0) is 19.7. The maximum absolute atomic E-state index is 13.3. The van der Waals surface area contributed by atoms with Gasteiger partial charge in [0.15, 0.2) is 0 Å². The molecular formula is C14H16O8S4. The van der Waals surface area contributed by atoms with Crippen molar-refractivity contribution >= 4 is 64.8 Å². The van der Waals surface area contributed by atoms with Gasteiger partial charge in [-0.05, 0) is 21.6 Å². The Kier molecular flexibility index (Phi) is 5.27. The van der Waals surface area contributed by atoms with Crippen molar-refractivity contribution in [1.82, 2.24) is 0 Å². The third-order valence-corrected chi connectivity index (χ3v) is 15.2. The lowest BCUT2D eigenvalue weighted by Crippen LogP contribution is -2.58. The number of ether oxygens (including phenoxy) is 4. The van der Waals surface area contributed by atoms with E-state index in [0.29, 0.717) is 4.24 Å². The Morgan fingerprint density at radius 2 is 1.08 bits per heavy atom. The summed E-state index contributed by atoms with van der Waals surface area (Å²) in [6.45, 7) is 0. The van der Waals surface area contributed by atoms with Crippen molar-refractivity contribution in [3.63, 3.8) is 0 Å². The van der Waals surface area contributed by atoms with Gasteiger partial charge in [-0.25, -0.2) is 19.2 Å². The van der Waals surface area contributed by atoms with Crippen molar-refractivity contribution in [3.05, 3.63) is 30.1 Å². The smallest absolute Gasteiger partial charge is 0.370 e. The standard InChI is InChI=1S/C14H16O8S4/c1-19-11(15)26(12(16)20-2,13(17)21-3,14(18)22-4)8-7-25-10(26)9-23-5-6-24-9/h5-8H,1-4H3. The average molecular weight is 441 g/mol. The maximum Gasteiger partial charge on any atom is 0.370 e. The number of carbonyl (C=O) groups is 4. The molecule has 12 heteroatoms. The van der Waals surface area contributed by atoms with Crippen molar-refractivity contribution in [2.45, 2.75) is 0 Å². The molecule has 0 amide bonds. The molecule has 2 rings (SSSR count). The van der Waals surface area contributed by atoms with Crippen LogP contribution in [0.3, 0.4) is 0 Å². The molecular weight excluding hydrogens is 424 g/mol. The van der Waals surface area contributed by atoms with Crippen LogP contribution in [0.1, 0.15) is 0 Å². The van der Waals surface area contributed by atoms with Crippen LogP contribution in [0.4, 0.5) is 19.2 Å². The third kappa shape index (κ3) is 1.78. The van der Waals surface area contributed by atoms with Crippen LogP contribution in [0.5, 0.6) is 0 Å². The second-order valence-electron chi connectivity index (χ2n) is 4.90. The van der Waals surface area contributed by atoms with Crippen LogP contribution in [0.2, 0.25) is 0 Å². The SMILES string of the molecule is COC(=O)S1(C(=O)OC)(C(=O)OC)(C(=O)OC)C=CSC1=C1SC=CS1. The summed E-state index contributed by atoms with van der Waals surface area (Å²) in [5.41, 5.74) is 0. The van der Waals surface area contributed by atoms with Gasteiger partial charge >= 0.3 is 21.2 Å². The Morgan fingerprint density at radius 3 is 1.42 bits per heavy atom. The molecule has 0 atom stereocenters.